The van der Waals surface area contributed by atoms with Crippen LogP contribution in [0.3, 0.4) is 0 Å². The Morgan fingerprint density at radius 3 is 2.19 bits per heavy atom. The van der Waals surface area contributed by atoms with Gasteiger partial charge in [0, 0.05) is 58.8 Å². The number of hydrogen-bond acceptors (Lipinski definition) is 6. The van der Waals surface area contributed by atoms with Gasteiger partial charge in [0.2, 0.25) is 17.7 Å². The van der Waals surface area contributed by atoms with Gasteiger partial charge in [-0.25, -0.2) is 0 Å². The molecule has 1 saturated heterocycles. The highest BCUT2D eigenvalue weighted by Gasteiger charge is 2.32. The Hall–Kier alpha value is -3.73. The van der Waals surface area contributed by atoms with Crippen molar-refractivity contribution in [1.82, 2.24) is 35.5 Å². The van der Waals surface area contributed by atoms with Crippen molar-refractivity contribution in [2.24, 2.45) is 13.0 Å². The number of benzene rings is 1. The number of likely N-dealkylation sites (N-methyl/N-ethyl adjacent to an activating group) is 1. The summed E-state index contributed by atoms with van der Waals surface area (Å²) in [6.45, 7) is 5.03. The summed E-state index contributed by atoms with van der Waals surface area (Å²) in [5.74, 6) is -0.609. The molecule has 2 heterocycles. The molecule has 2 aliphatic rings. The highest BCUT2D eigenvalue weighted by atomic mass is 16.2. The Morgan fingerprint density at radius 2 is 1.57 bits per heavy atom. The van der Waals surface area contributed by atoms with Crippen LogP contribution in [0, 0.1) is 5.92 Å². The van der Waals surface area contributed by atoms with Crippen LogP contribution in [0.5, 0.6) is 0 Å². The number of aromatic nitrogens is 2. The van der Waals surface area contributed by atoms with E-state index in [9.17, 15) is 19.2 Å². The van der Waals surface area contributed by atoms with E-state index >= 15 is 0 Å². The molecule has 42 heavy (non-hydrogen) atoms. The molecule has 11 nitrogen and oxygen atoms in total. The fraction of sp³-hybridized carbons (Fsp3) is 0.581. The number of nitrogens with one attached hydrogen (secondary N) is 3. The average molecular weight is 580 g/mol. The third-order valence-electron chi connectivity index (χ3n) is 8.44. The van der Waals surface area contributed by atoms with Crippen LogP contribution in [0.4, 0.5) is 0 Å². The van der Waals surface area contributed by atoms with Gasteiger partial charge in [0.1, 0.15) is 17.8 Å². The standard InChI is InChI=1S/C31H45N7O4/c1-4-27(39)34-25(31(42)38-18-16-36(2)17-19-38)20-22-10-12-23(13-11-22)21-32-30(41)28(24-8-6-5-7-9-24)35-29(40)26-14-15-33-37(26)3/h10-15,24-25,28H,4-9,16-21H2,1-3H3,(H,32,41)(H,34,39)(H,35,40)/t25-,28?/m1/s1. The topological polar surface area (TPSA) is 129 Å². The number of carbonyl (C=O) groups excluding carboxylic acids is 4. The normalized spacial score (nSPS) is 17.7. The zero-order valence-corrected chi connectivity index (χ0v) is 25.1. The predicted octanol–water partition coefficient (Wildman–Crippen LogP) is 1.63. The molecule has 1 aromatic carbocycles. The van der Waals surface area contributed by atoms with Gasteiger partial charge in [0.25, 0.3) is 5.91 Å². The molecule has 1 aliphatic heterocycles. The molecule has 4 amide bonds. The summed E-state index contributed by atoms with van der Waals surface area (Å²) in [6, 6.07) is 8.14. The van der Waals surface area contributed by atoms with Crippen LogP contribution in [-0.2, 0) is 34.4 Å². The Kier molecular flexibility index (Phi) is 11.1. The summed E-state index contributed by atoms with van der Waals surface area (Å²) in [5, 5.41) is 13.0. The fourth-order valence-electron chi connectivity index (χ4n) is 5.75. The Labute approximate surface area is 248 Å². The monoisotopic (exact) mass is 579 g/mol. The number of aryl methyl sites for hydroxylation is 1. The predicted molar refractivity (Wildman–Crippen MR) is 159 cm³/mol. The maximum atomic E-state index is 13.4. The van der Waals surface area contributed by atoms with E-state index in [2.05, 4.69) is 25.9 Å². The van der Waals surface area contributed by atoms with E-state index < -0.39 is 12.1 Å². The number of piperazine rings is 1. The summed E-state index contributed by atoms with van der Waals surface area (Å²) in [5.41, 5.74) is 2.25. The summed E-state index contributed by atoms with van der Waals surface area (Å²) in [7, 11) is 3.74. The molecule has 2 atom stereocenters. The molecule has 0 radical (unpaired) electrons. The molecule has 0 bridgehead atoms. The molecule has 1 aliphatic carbocycles. The molecule has 0 spiro atoms. The van der Waals surface area contributed by atoms with Crippen molar-refractivity contribution in [2.45, 2.75) is 70.5 Å². The lowest BCUT2D eigenvalue weighted by atomic mass is 9.83. The Morgan fingerprint density at radius 1 is 0.905 bits per heavy atom. The lowest BCUT2D eigenvalue weighted by molar-refractivity contribution is -0.137. The number of rotatable bonds is 11. The molecule has 1 saturated carbocycles. The minimum atomic E-state index is -0.620. The minimum absolute atomic E-state index is 0.0526. The van der Waals surface area contributed by atoms with Crippen molar-refractivity contribution in [1.29, 1.82) is 0 Å². The highest BCUT2D eigenvalue weighted by Crippen LogP contribution is 2.27. The second kappa shape index (κ2) is 14.9. The molecule has 3 N–H and O–H groups in total. The van der Waals surface area contributed by atoms with Gasteiger partial charge in [0.05, 0.1) is 0 Å². The SMILES string of the molecule is CCC(=O)N[C@H](Cc1ccc(CNC(=O)C(NC(=O)c2ccnn2C)C2CCCCC2)cc1)C(=O)N1CCN(C)CC1. The van der Waals surface area contributed by atoms with Gasteiger partial charge in [-0.2, -0.15) is 5.10 Å². The van der Waals surface area contributed by atoms with Crippen molar-refractivity contribution in [3.8, 4) is 0 Å². The first kappa shape index (κ1) is 31.2. The minimum Gasteiger partial charge on any atom is -0.350 e. The lowest BCUT2D eigenvalue weighted by Gasteiger charge is -2.34. The van der Waals surface area contributed by atoms with E-state index in [4.69, 9.17) is 0 Å². The van der Waals surface area contributed by atoms with E-state index in [0.29, 0.717) is 38.2 Å². The molecule has 4 rings (SSSR count). The zero-order valence-electron chi connectivity index (χ0n) is 25.1. The first-order chi connectivity index (χ1) is 20.2. The number of carbonyl (C=O) groups is 4. The maximum Gasteiger partial charge on any atom is 0.270 e. The highest BCUT2D eigenvalue weighted by molar-refractivity contribution is 5.96. The Bertz CT molecular complexity index is 1210. The van der Waals surface area contributed by atoms with E-state index in [1.807, 2.05) is 36.2 Å². The van der Waals surface area contributed by atoms with Crippen LogP contribution in [0.2, 0.25) is 0 Å². The van der Waals surface area contributed by atoms with E-state index in [0.717, 1.165) is 56.3 Å². The van der Waals surface area contributed by atoms with Crippen LogP contribution in [0.1, 0.15) is 67.1 Å². The summed E-state index contributed by atoms with van der Waals surface area (Å²) in [4.78, 5) is 55.8. The molecule has 2 fully saturated rings. The van der Waals surface area contributed by atoms with Crippen LogP contribution < -0.4 is 16.0 Å². The van der Waals surface area contributed by atoms with Gasteiger partial charge in [-0.1, -0.05) is 50.5 Å². The molecular formula is C31H45N7O4. The van der Waals surface area contributed by atoms with Gasteiger partial charge in [-0.15, -0.1) is 0 Å². The molecule has 1 unspecified atom stereocenters. The lowest BCUT2D eigenvalue weighted by Crippen LogP contribution is -2.54. The zero-order chi connectivity index (χ0) is 30.1. The first-order valence-electron chi connectivity index (χ1n) is 15.2. The van der Waals surface area contributed by atoms with Crippen molar-refractivity contribution in [3.05, 3.63) is 53.3 Å². The third kappa shape index (κ3) is 8.40. The number of nitrogens with zero attached hydrogens (tertiary/aromatic N) is 4. The molecule has 11 heteroatoms. The van der Waals surface area contributed by atoms with Gasteiger partial charge in [-0.05, 0) is 43.0 Å². The molecule has 1 aromatic heterocycles. The van der Waals surface area contributed by atoms with Crippen LogP contribution >= 0.6 is 0 Å². The quantitative estimate of drug-likeness (QED) is 0.371. The van der Waals surface area contributed by atoms with Crippen molar-refractivity contribution >= 4 is 23.6 Å². The molecular weight excluding hydrogens is 534 g/mol. The fourth-order valence-corrected chi connectivity index (χ4v) is 5.75. The van der Waals surface area contributed by atoms with Crippen LogP contribution in [0.15, 0.2) is 36.5 Å². The van der Waals surface area contributed by atoms with Crippen LogP contribution in [-0.4, -0.2) is 88.5 Å². The van der Waals surface area contributed by atoms with E-state index in [1.54, 1.807) is 26.2 Å². The van der Waals surface area contributed by atoms with Gasteiger partial charge in [-0.3, -0.25) is 23.9 Å². The maximum absolute atomic E-state index is 13.4. The van der Waals surface area contributed by atoms with E-state index in [-0.39, 0.29) is 29.5 Å². The molecule has 228 valence electrons. The number of amides is 4. The van der Waals surface area contributed by atoms with Gasteiger partial charge >= 0.3 is 0 Å². The largest absolute Gasteiger partial charge is 0.350 e. The summed E-state index contributed by atoms with van der Waals surface area (Å²) >= 11 is 0. The third-order valence-corrected chi connectivity index (χ3v) is 8.44. The average Bonchev–Trinajstić information content (AvgIpc) is 3.45. The smallest absolute Gasteiger partial charge is 0.270 e. The second-order valence-corrected chi connectivity index (χ2v) is 11.5. The Balaban J connectivity index is 1.37. The summed E-state index contributed by atoms with van der Waals surface area (Å²) < 4.78 is 1.50. The van der Waals surface area contributed by atoms with E-state index in [1.165, 1.54) is 4.68 Å². The van der Waals surface area contributed by atoms with Crippen molar-refractivity contribution in [3.63, 3.8) is 0 Å². The molecule has 2 aromatic rings. The number of hydrogen-bond donors (Lipinski definition) is 3. The second-order valence-electron chi connectivity index (χ2n) is 11.5. The van der Waals surface area contributed by atoms with Crippen LogP contribution in [0.25, 0.3) is 0 Å². The van der Waals surface area contributed by atoms with Crippen molar-refractivity contribution < 1.29 is 19.2 Å². The first-order valence-corrected chi connectivity index (χ1v) is 15.2. The van der Waals surface area contributed by atoms with Crippen molar-refractivity contribution in [2.75, 3.05) is 33.2 Å². The summed E-state index contributed by atoms with van der Waals surface area (Å²) in [6.07, 6.45) is 7.33. The van der Waals surface area contributed by atoms with Gasteiger partial charge < -0.3 is 25.8 Å². The van der Waals surface area contributed by atoms with Gasteiger partial charge in [0.15, 0.2) is 0 Å².